The smallest absolute Gasteiger partial charge is 0.266 e. The van der Waals surface area contributed by atoms with Crippen LogP contribution in [0.4, 0.5) is 8.78 Å². The lowest BCUT2D eigenvalue weighted by Crippen LogP contribution is -2.33. The average molecular weight is 303 g/mol. The van der Waals surface area contributed by atoms with Crippen molar-refractivity contribution in [3.8, 4) is 12.3 Å². The lowest BCUT2D eigenvalue weighted by Gasteiger charge is -2.07. The number of rotatable bonds is 4. The summed E-state index contributed by atoms with van der Waals surface area (Å²) in [6.07, 6.45) is 7.35. The van der Waals surface area contributed by atoms with Gasteiger partial charge in [0.1, 0.15) is 5.56 Å². The minimum absolute atomic E-state index is 0.0175. The van der Waals surface area contributed by atoms with E-state index in [1.807, 2.05) is 0 Å². The SMILES string of the molecule is C#CCNC(=O)c1cncn(Cc2ccc(F)c(F)c2)c1=O. The van der Waals surface area contributed by atoms with E-state index in [-0.39, 0.29) is 18.7 Å². The minimum Gasteiger partial charge on any atom is -0.341 e. The topological polar surface area (TPSA) is 64.0 Å². The molecule has 2 aromatic rings. The molecule has 0 radical (unpaired) electrons. The Morgan fingerprint density at radius 2 is 2.14 bits per heavy atom. The number of nitrogens with one attached hydrogen (secondary N) is 1. The largest absolute Gasteiger partial charge is 0.341 e. The highest BCUT2D eigenvalue weighted by molar-refractivity contribution is 5.93. The van der Waals surface area contributed by atoms with E-state index in [2.05, 4.69) is 16.2 Å². The summed E-state index contributed by atoms with van der Waals surface area (Å²) in [7, 11) is 0. The molecule has 0 fully saturated rings. The van der Waals surface area contributed by atoms with E-state index < -0.39 is 23.1 Å². The fourth-order valence-electron chi connectivity index (χ4n) is 1.78. The molecule has 0 aliphatic heterocycles. The summed E-state index contributed by atoms with van der Waals surface area (Å²) >= 11 is 0. The molecule has 5 nitrogen and oxygen atoms in total. The van der Waals surface area contributed by atoms with Crippen LogP contribution >= 0.6 is 0 Å². The lowest BCUT2D eigenvalue weighted by atomic mass is 10.2. The van der Waals surface area contributed by atoms with Crippen LogP contribution in [0.3, 0.4) is 0 Å². The van der Waals surface area contributed by atoms with Crippen molar-refractivity contribution in [3.05, 3.63) is 63.8 Å². The van der Waals surface area contributed by atoms with E-state index in [9.17, 15) is 18.4 Å². The van der Waals surface area contributed by atoms with Gasteiger partial charge in [0.15, 0.2) is 11.6 Å². The van der Waals surface area contributed by atoms with Crippen LogP contribution in [0.15, 0.2) is 35.5 Å². The Hall–Kier alpha value is -3.01. The summed E-state index contributed by atoms with van der Waals surface area (Å²) in [5.41, 5.74) is -0.418. The molecule has 2 rings (SSSR count). The van der Waals surface area contributed by atoms with Gasteiger partial charge in [-0.1, -0.05) is 12.0 Å². The summed E-state index contributed by atoms with van der Waals surface area (Å²) in [5.74, 6) is -0.416. The number of aromatic nitrogens is 2. The number of carbonyl (C=O) groups excluding carboxylic acids is 1. The Labute approximate surface area is 124 Å². The highest BCUT2D eigenvalue weighted by Gasteiger charge is 2.13. The number of amides is 1. The Balaban J connectivity index is 2.29. The van der Waals surface area contributed by atoms with Gasteiger partial charge in [0, 0.05) is 6.20 Å². The summed E-state index contributed by atoms with van der Waals surface area (Å²) in [6, 6.07) is 3.29. The minimum atomic E-state index is -1.01. The third-order valence-electron chi connectivity index (χ3n) is 2.83. The zero-order chi connectivity index (χ0) is 16.1. The molecule has 1 amide bonds. The molecular weight excluding hydrogens is 292 g/mol. The van der Waals surface area contributed by atoms with Gasteiger partial charge in [-0.3, -0.25) is 14.2 Å². The number of nitrogens with zero attached hydrogens (tertiary/aromatic N) is 2. The van der Waals surface area contributed by atoms with Crippen LogP contribution < -0.4 is 10.9 Å². The first kappa shape index (κ1) is 15.4. The van der Waals surface area contributed by atoms with Gasteiger partial charge < -0.3 is 5.32 Å². The van der Waals surface area contributed by atoms with E-state index in [4.69, 9.17) is 6.42 Å². The fourth-order valence-corrected chi connectivity index (χ4v) is 1.78. The first-order valence-electron chi connectivity index (χ1n) is 6.23. The van der Waals surface area contributed by atoms with Crippen LogP contribution in [-0.2, 0) is 6.54 Å². The van der Waals surface area contributed by atoms with Gasteiger partial charge in [0.25, 0.3) is 11.5 Å². The molecule has 22 heavy (non-hydrogen) atoms. The molecular formula is C15H11F2N3O2. The molecule has 0 saturated carbocycles. The van der Waals surface area contributed by atoms with Gasteiger partial charge in [0.05, 0.1) is 19.4 Å². The fraction of sp³-hybridized carbons (Fsp3) is 0.133. The third kappa shape index (κ3) is 3.35. The van der Waals surface area contributed by atoms with E-state index in [1.54, 1.807) is 0 Å². The lowest BCUT2D eigenvalue weighted by molar-refractivity contribution is 0.0956. The van der Waals surface area contributed by atoms with E-state index >= 15 is 0 Å². The molecule has 1 N–H and O–H groups in total. The standard InChI is InChI=1S/C15H11F2N3O2/c1-2-5-19-14(21)11-7-18-9-20(15(11)22)8-10-3-4-12(16)13(17)6-10/h1,3-4,6-7,9H,5,8H2,(H,19,21). The molecule has 0 aliphatic rings. The van der Waals surface area contributed by atoms with Gasteiger partial charge >= 0.3 is 0 Å². The molecule has 0 saturated heterocycles. The van der Waals surface area contributed by atoms with Crippen molar-refractivity contribution in [1.29, 1.82) is 0 Å². The first-order chi connectivity index (χ1) is 10.5. The van der Waals surface area contributed by atoms with Crippen molar-refractivity contribution in [2.24, 2.45) is 0 Å². The summed E-state index contributed by atoms with van der Waals surface area (Å²) in [4.78, 5) is 27.7. The second-order valence-electron chi connectivity index (χ2n) is 4.38. The van der Waals surface area contributed by atoms with Crippen LogP contribution in [0.25, 0.3) is 0 Å². The quantitative estimate of drug-likeness (QED) is 0.855. The summed E-state index contributed by atoms with van der Waals surface area (Å²) < 4.78 is 27.2. The predicted octanol–water partition coefficient (Wildman–Crippen LogP) is 0.933. The van der Waals surface area contributed by atoms with Crippen LogP contribution in [0.1, 0.15) is 15.9 Å². The number of hydrogen-bond donors (Lipinski definition) is 1. The third-order valence-corrected chi connectivity index (χ3v) is 2.83. The maximum absolute atomic E-state index is 13.2. The first-order valence-corrected chi connectivity index (χ1v) is 6.23. The average Bonchev–Trinajstić information content (AvgIpc) is 2.50. The number of halogens is 2. The van der Waals surface area contributed by atoms with Crippen molar-refractivity contribution < 1.29 is 13.6 Å². The molecule has 0 aliphatic carbocycles. The second-order valence-corrected chi connectivity index (χ2v) is 4.38. The van der Waals surface area contributed by atoms with Crippen LogP contribution in [0.5, 0.6) is 0 Å². The van der Waals surface area contributed by atoms with Crippen LogP contribution in [-0.4, -0.2) is 22.0 Å². The van der Waals surface area contributed by atoms with Gasteiger partial charge in [-0.2, -0.15) is 0 Å². The van der Waals surface area contributed by atoms with E-state index in [0.717, 1.165) is 22.9 Å². The van der Waals surface area contributed by atoms with Gasteiger partial charge in [-0.05, 0) is 17.7 Å². The zero-order valence-electron chi connectivity index (χ0n) is 11.3. The molecule has 1 aromatic heterocycles. The molecule has 1 aromatic carbocycles. The Kier molecular flexibility index (Phi) is 4.63. The molecule has 0 atom stereocenters. The monoisotopic (exact) mass is 303 g/mol. The van der Waals surface area contributed by atoms with Crippen molar-refractivity contribution >= 4 is 5.91 Å². The molecule has 1 heterocycles. The van der Waals surface area contributed by atoms with E-state index in [0.29, 0.717) is 5.56 Å². The maximum atomic E-state index is 13.2. The highest BCUT2D eigenvalue weighted by atomic mass is 19.2. The van der Waals surface area contributed by atoms with Crippen molar-refractivity contribution in [3.63, 3.8) is 0 Å². The number of terminal acetylenes is 1. The normalized spacial score (nSPS) is 10.0. The Morgan fingerprint density at radius 3 is 2.82 bits per heavy atom. The molecule has 112 valence electrons. The van der Waals surface area contributed by atoms with Crippen LogP contribution in [0.2, 0.25) is 0 Å². The molecule has 0 unspecified atom stereocenters. The number of benzene rings is 1. The van der Waals surface area contributed by atoms with E-state index in [1.165, 1.54) is 12.4 Å². The Bertz CT molecular complexity index is 809. The molecule has 0 bridgehead atoms. The molecule has 7 heteroatoms. The van der Waals surface area contributed by atoms with Crippen molar-refractivity contribution in [2.75, 3.05) is 6.54 Å². The zero-order valence-corrected chi connectivity index (χ0v) is 11.3. The molecule has 0 spiro atoms. The van der Waals surface area contributed by atoms with Gasteiger partial charge in [-0.15, -0.1) is 6.42 Å². The van der Waals surface area contributed by atoms with Crippen LogP contribution in [0, 0.1) is 24.0 Å². The summed E-state index contributed by atoms with van der Waals surface area (Å²) in [6.45, 7) is -0.0599. The Morgan fingerprint density at radius 1 is 1.36 bits per heavy atom. The summed E-state index contributed by atoms with van der Waals surface area (Å²) in [5, 5.41) is 2.36. The van der Waals surface area contributed by atoms with Crippen molar-refractivity contribution in [1.82, 2.24) is 14.9 Å². The van der Waals surface area contributed by atoms with Gasteiger partial charge in [-0.25, -0.2) is 13.8 Å². The maximum Gasteiger partial charge on any atom is 0.266 e. The van der Waals surface area contributed by atoms with Gasteiger partial charge in [0.2, 0.25) is 0 Å². The second kappa shape index (κ2) is 6.63. The predicted molar refractivity (Wildman–Crippen MR) is 75.1 cm³/mol. The number of hydrogen-bond acceptors (Lipinski definition) is 3. The number of carbonyl (C=O) groups is 1. The van der Waals surface area contributed by atoms with Crippen molar-refractivity contribution in [2.45, 2.75) is 6.54 Å². The highest BCUT2D eigenvalue weighted by Crippen LogP contribution is 2.09.